The highest BCUT2D eigenvalue weighted by molar-refractivity contribution is 6.39. The van der Waals surface area contributed by atoms with Gasteiger partial charge in [0.15, 0.2) is 5.65 Å². The van der Waals surface area contributed by atoms with E-state index in [4.69, 9.17) is 27.9 Å². The van der Waals surface area contributed by atoms with Gasteiger partial charge in [0.2, 0.25) is 5.95 Å². The molecule has 0 saturated carbocycles. The maximum Gasteiger partial charge on any atom is 0.249 e. The molecule has 0 aliphatic heterocycles. The lowest BCUT2D eigenvalue weighted by Gasteiger charge is -2.18. The Balaban J connectivity index is 1.44. The van der Waals surface area contributed by atoms with Crippen LogP contribution in [0.2, 0.25) is 10.0 Å². The van der Waals surface area contributed by atoms with Crippen molar-refractivity contribution in [1.82, 2.24) is 25.1 Å². The minimum absolute atomic E-state index is 0.355. The molecule has 33 heavy (non-hydrogen) atoms. The standard InChI is InChI=1S/C24H24Cl2N6O/c1-3-32(4-2)12-13-33-18-10-8-17(9-11-18)28-24-29-23-21(30-31-24)14-16(15-27-23)22-19(25)6-5-7-20(22)26/h5-11,14-15H,3-4,12-13H2,1-2H3,(H,27,28,29,31). The Hall–Kier alpha value is -3.00. The molecule has 170 valence electrons. The van der Waals surface area contributed by atoms with Gasteiger partial charge in [-0.1, -0.05) is 43.1 Å². The predicted octanol–water partition coefficient (Wildman–Crippen LogP) is 5.86. The lowest BCUT2D eigenvalue weighted by Crippen LogP contribution is -2.27. The molecule has 0 atom stereocenters. The number of ether oxygens (including phenoxy) is 1. The summed E-state index contributed by atoms with van der Waals surface area (Å²) < 4.78 is 5.83. The van der Waals surface area contributed by atoms with Crippen LogP contribution in [0.4, 0.5) is 11.6 Å². The van der Waals surface area contributed by atoms with Gasteiger partial charge in [0.1, 0.15) is 17.9 Å². The quantitative estimate of drug-likeness (QED) is 0.320. The molecule has 0 unspecified atom stereocenters. The molecule has 0 spiro atoms. The predicted molar refractivity (Wildman–Crippen MR) is 134 cm³/mol. The molecule has 0 aliphatic carbocycles. The van der Waals surface area contributed by atoms with E-state index in [0.717, 1.165) is 36.6 Å². The first kappa shape index (κ1) is 23.2. The summed E-state index contributed by atoms with van der Waals surface area (Å²) in [5, 5.41) is 12.7. The van der Waals surface area contributed by atoms with Crippen LogP contribution in [0.15, 0.2) is 54.7 Å². The largest absolute Gasteiger partial charge is 0.492 e. The molecule has 2 aromatic heterocycles. The molecule has 4 rings (SSSR count). The summed E-state index contributed by atoms with van der Waals surface area (Å²) in [5.41, 5.74) is 3.30. The number of benzene rings is 2. The second-order valence-electron chi connectivity index (χ2n) is 7.32. The van der Waals surface area contributed by atoms with Gasteiger partial charge in [-0.2, -0.15) is 4.98 Å². The number of anilines is 2. The Morgan fingerprint density at radius 1 is 0.970 bits per heavy atom. The van der Waals surface area contributed by atoms with Crippen LogP contribution in [-0.2, 0) is 0 Å². The summed E-state index contributed by atoms with van der Waals surface area (Å²) in [6.07, 6.45) is 1.68. The Bertz CT molecular complexity index is 1210. The van der Waals surface area contributed by atoms with E-state index in [1.807, 2.05) is 30.3 Å². The van der Waals surface area contributed by atoms with E-state index in [-0.39, 0.29) is 0 Å². The van der Waals surface area contributed by atoms with E-state index in [1.54, 1.807) is 24.4 Å². The average molecular weight is 483 g/mol. The van der Waals surface area contributed by atoms with E-state index in [0.29, 0.717) is 39.3 Å². The molecule has 4 aromatic rings. The molecule has 2 aromatic carbocycles. The van der Waals surface area contributed by atoms with Crippen molar-refractivity contribution in [2.24, 2.45) is 0 Å². The molecular formula is C24H24Cl2N6O. The molecule has 0 fully saturated rings. The fourth-order valence-electron chi connectivity index (χ4n) is 3.39. The smallest absolute Gasteiger partial charge is 0.249 e. The lowest BCUT2D eigenvalue weighted by molar-refractivity contribution is 0.223. The molecule has 0 radical (unpaired) electrons. The third-order valence-corrected chi connectivity index (χ3v) is 5.87. The minimum atomic E-state index is 0.355. The summed E-state index contributed by atoms with van der Waals surface area (Å²) >= 11 is 12.6. The number of rotatable bonds is 9. The highest BCUT2D eigenvalue weighted by atomic mass is 35.5. The lowest BCUT2D eigenvalue weighted by atomic mass is 10.1. The van der Waals surface area contributed by atoms with Gasteiger partial charge in [-0.05, 0) is 55.6 Å². The van der Waals surface area contributed by atoms with Gasteiger partial charge in [-0.15, -0.1) is 10.2 Å². The number of aromatic nitrogens is 4. The molecule has 7 nitrogen and oxygen atoms in total. The van der Waals surface area contributed by atoms with Crippen LogP contribution in [-0.4, -0.2) is 51.3 Å². The summed E-state index contributed by atoms with van der Waals surface area (Å²) in [5.74, 6) is 1.17. The number of nitrogens with one attached hydrogen (secondary N) is 1. The third kappa shape index (κ3) is 5.68. The highest BCUT2D eigenvalue weighted by Gasteiger charge is 2.11. The van der Waals surface area contributed by atoms with Crippen molar-refractivity contribution in [3.05, 3.63) is 64.8 Å². The van der Waals surface area contributed by atoms with Gasteiger partial charge in [0.25, 0.3) is 0 Å². The van der Waals surface area contributed by atoms with E-state index in [9.17, 15) is 0 Å². The zero-order valence-electron chi connectivity index (χ0n) is 18.4. The second-order valence-corrected chi connectivity index (χ2v) is 8.14. The van der Waals surface area contributed by atoms with Crippen molar-refractivity contribution >= 4 is 46.0 Å². The van der Waals surface area contributed by atoms with Gasteiger partial charge >= 0.3 is 0 Å². The van der Waals surface area contributed by atoms with Crippen molar-refractivity contribution in [3.8, 4) is 16.9 Å². The van der Waals surface area contributed by atoms with Crippen molar-refractivity contribution in [2.75, 3.05) is 31.6 Å². The average Bonchev–Trinajstić information content (AvgIpc) is 2.83. The monoisotopic (exact) mass is 482 g/mol. The molecule has 9 heteroatoms. The highest BCUT2D eigenvalue weighted by Crippen LogP contribution is 2.34. The van der Waals surface area contributed by atoms with Crippen molar-refractivity contribution < 1.29 is 4.74 Å². The number of pyridine rings is 1. The fourth-order valence-corrected chi connectivity index (χ4v) is 4.00. The van der Waals surface area contributed by atoms with Crippen LogP contribution in [0.25, 0.3) is 22.3 Å². The van der Waals surface area contributed by atoms with Crippen molar-refractivity contribution in [1.29, 1.82) is 0 Å². The zero-order chi connectivity index (χ0) is 23.2. The van der Waals surface area contributed by atoms with E-state index >= 15 is 0 Å². The Morgan fingerprint density at radius 3 is 2.39 bits per heavy atom. The Kier molecular flexibility index (Phi) is 7.54. The summed E-state index contributed by atoms with van der Waals surface area (Å²) in [4.78, 5) is 11.2. The van der Waals surface area contributed by atoms with Gasteiger partial charge in [0, 0.05) is 39.6 Å². The topological polar surface area (TPSA) is 76.1 Å². The van der Waals surface area contributed by atoms with Gasteiger partial charge in [-0.3, -0.25) is 0 Å². The molecule has 1 N–H and O–H groups in total. The van der Waals surface area contributed by atoms with Gasteiger partial charge < -0.3 is 15.0 Å². The summed E-state index contributed by atoms with van der Waals surface area (Å²) in [6.45, 7) is 7.90. The number of hydrogen-bond donors (Lipinski definition) is 1. The molecule has 0 amide bonds. The Labute approximate surface area is 202 Å². The van der Waals surface area contributed by atoms with Crippen LogP contribution >= 0.6 is 23.2 Å². The number of fused-ring (bicyclic) bond motifs is 1. The van der Waals surface area contributed by atoms with E-state index < -0.39 is 0 Å². The van der Waals surface area contributed by atoms with Crippen LogP contribution in [0.5, 0.6) is 5.75 Å². The van der Waals surface area contributed by atoms with Crippen LogP contribution < -0.4 is 10.1 Å². The molecule has 2 heterocycles. The maximum absolute atomic E-state index is 6.31. The second kappa shape index (κ2) is 10.7. The van der Waals surface area contributed by atoms with Crippen molar-refractivity contribution in [2.45, 2.75) is 13.8 Å². The first-order valence-corrected chi connectivity index (χ1v) is 11.5. The summed E-state index contributed by atoms with van der Waals surface area (Å²) in [6, 6.07) is 14.8. The third-order valence-electron chi connectivity index (χ3n) is 5.24. The summed E-state index contributed by atoms with van der Waals surface area (Å²) in [7, 11) is 0. The van der Waals surface area contributed by atoms with Crippen LogP contribution in [0.3, 0.4) is 0 Å². The van der Waals surface area contributed by atoms with E-state index in [2.05, 4.69) is 44.2 Å². The normalized spacial score (nSPS) is 11.2. The van der Waals surface area contributed by atoms with E-state index in [1.165, 1.54) is 0 Å². The number of likely N-dealkylation sites (N-methyl/N-ethyl adjacent to an activating group) is 1. The first-order chi connectivity index (χ1) is 16.1. The molecular weight excluding hydrogens is 459 g/mol. The minimum Gasteiger partial charge on any atom is -0.492 e. The van der Waals surface area contributed by atoms with Crippen LogP contribution in [0.1, 0.15) is 13.8 Å². The van der Waals surface area contributed by atoms with Crippen molar-refractivity contribution in [3.63, 3.8) is 0 Å². The maximum atomic E-state index is 6.31. The molecule has 0 bridgehead atoms. The Morgan fingerprint density at radius 2 is 1.70 bits per heavy atom. The molecule has 0 aliphatic rings. The number of nitrogens with zero attached hydrogens (tertiary/aromatic N) is 5. The van der Waals surface area contributed by atoms with Gasteiger partial charge in [0.05, 0.1) is 0 Å². The number of hydrogen-bond acceptors (Lipinski definition) is 7. The number of halogens is 2. The fraction of sp³-hybridized carbons (Fsp3) is 0.250. The molecule has 0 saturated heterocycles. The zero-order valence-corrected chi connectivity index (χ0v) is 19.9. The van der Waals surface area contributed by atoms with Crippen LogP contribution in [0, 0.1) is 0 Å². The van der Waals surface area contributed by atoms with Gasteiger partial charge in [-0.25, -0.2) is 4.98 Å². The first-order valence-electron chi connectivity index (χ1n) is 10.7. The SMILES string of the molecule is CCN(CC)CCOc1ccc(Nc2nnc3cc(-c4c(Cl)cccc4Cl)cnc3n2)cc1.